The van der Waals surface area contributed by atoms with Gasteiger partial charge < -0.3 is 19.5 Å². The third kappa shape index (κ3) is 4.72. The quantitative estimate of drug-likeness (QED) is 0.495. The van der Waals surface area contributed by atoms with E-state index in [9.17, 15) is 14.4 Å². The molecule has 2 aromatic carbocycles. The Bertz CT molecular complexity index is 1260. The minimum absolute atomic E-state index is 0.228. The van der Waals surface area contributed by atoms with Crippen LogP contribution in [0.25, 0.3) is 11.0 Å². The number of benzene rings is 2. The first kappa shape index (κ1) is 24.0. The predicted octanol–water partition coefficient (Wildman–Crippen LogP) is 4.96. The van der Waals surface area contributed by atoms with Crippen LogP contribution in [-0.2, 0) is 9.53 Å². The van der Waals surface area contributed by atoms with Gasteiger partial charge in [-0.15, -0.1) is 0 Å². The highest BCUT2D eigenvalue weighted by atomic mass is 16.5. The van der Waals surface area contributed by atoms with Gasteiger partial charge in [0.2, 0.25) is 0 Å². The SMILES string of the molecule is CCOC(=O)C1CCCCN1C(=O)c1cc(NC(=O)c2ccccc2)cc2ncn(C3CCCC3)c12. The molecule has 2 amide bonds. The molecule has 36 heavy (non-hydrogen) atoms. The number of piperidine rings is 1. The molecule has 5 rings (SSSR count). The fourth-order valence-electron chi connectivity index (χ4n) is 5.47. The Labute approximate surface area is 210 Å². The Morgan fingerprint density at radius 1 is 1.03 bits per heavy atom. The van der Waals surface area contributed by atoms with Crippen molar-refractivity contribution in [3.63, 3.8) is 0 Å². The number of hydrogen-bond acceptors (Lipinski definition) is 5. The third-order valence-electron chi connectivity index (χ3n) is 7.23. The number of fused-ring (bicyclic) bond motifs is 1. The van der Waals surface area contributed by atoms with Crippen LogP contribution in [0.1, 0.15) is 78.6 Å². The van der Waals surface area contributed by atoms with Crippen LogP contribution in [0.5, 0.6) is 0 Å². The molecule has 1 saturated carbocycles. The first-order valence-electron chi connectivity index (χ1n) is 12.9. The first-order valence-corrected chi connectivity index (χ1v) is 12.9. The molecule has 3 aromatic rings. The average Bonchev–Trinajstić information content (AvgIpc) is 3.58. The fraction of sp³-hybridized carbons (Fsp3) is 0.429. The number of esters is 1. The Morgan fingerprint density at radius 2 is 1.78 bits per heavy atom. The van der Waals surface area contributed by atoms with E-state index in [0.717, 1.165) is 44.0 Å². The van der Waals surface area contributed by atoms with E-state index in [4.69, 9.17) is 4.74 Å². The topological polar surface area (TPSA) is 93.5 Å². The fourth-order valence-corrected chi connectivity index (χ4v) is 5.47. The van der Waals surface area contributed by atoms with Crippen LogP contribution in [0.4, 0.5) is 5.69 Å². The molecule has 1 atom stereocenters. The highest BCUT2D eigenvalue weighted by molar-refractivity contribution is 6.10. The summed E-state index contributed by atoms with van der Waals surface area (Å²) < 4.78 is 7.41. The molecule has 1 unspecified atom stereocenters. The van der Waals surface area contributed by atoms with Gasteiger partial charge in [-0.25, -0.2) is 9.78 Å². The molecular weight excluding hydrogens is 456 g/mol. The molecule has 2 aliphatic rings. The highest BCUT2D eigenvalue weighted by Crippen LogP contribution is 2.35. The van der Waals surface area contributed by atoms with E-state index in [0.29, 0.717) is 35.3 Å². The summed E-state index contributed by atoms with van der Waals surface area (Å²) in [5, 5.41) is 2.93. The summed E-state index contributed by atoms with van der Waals surface area (Å²) in [4.78, 5) is 45.9. The zero-order valence-electron chi connectivity index (χ0n) is 20.6. The number of likely N-dealkylation sites (tertiary alicyclic amines) is 1. The lowest BCUT2D eigenvalue weighted by molar-refractivity contribution is -0.149. The van der Waals surface area contributed by atoms with Crippen LogP contribution in [0.2, 0.25) is 0 Å². The van der Waals surface area contributed by atoms with Crippen molar-refractivity contribution in [2.75, 3.05) is 18.5 Å². The van der Waals surface area contributed by atoms with Gasteiger partial charge in [-0.2, -0.15) is 0 Å². The molecular formula is C28H32N4O4. The van der Waals surface area contributed by atoms with Gasteiger partial charge in [0, 0.05) is 23.8 Å². The summed E-state index contributed by atoms with van der Waals surface area (Å²) in [5.74, 6) is -0.848. The molecule has 1 aliphatic carbocycles. The zero-order chi connectivity index (χ0) is 25.1. The van der Waals surface area contributed by atoms with Gasteiger partial charge in [0.05, 0.1) is 29.5 Å². The minimum atomic E-state index is -0.605. The second-order valence-corrected chi connectivity index (χ2v) is 9.56. The molecule has 1 saturated heterocycles. The van der Waals surface area contributed by atoms with E-state index >= 15 is 0 Å². The Balaban J connectivity index is 1.56. The van der Waals surface area contributed by atoms with Crippen molar-refractivity contribution in [1.29, 1.82) is 0 Å². The number of anilines is 1. The van der Waals surface area contributed by atoms with Crippen molar-refractivity contribution in [1.82, 2.24) is 14.5 Å². The first-order chi connectivity index (χ1) is 17.6. The van der Waals surface area contributed by atoms with Crippen LogP contribution in [0.15, 0.2) is 48.8 Å². The van der Waals surface area contributed by atoms with Gasteiger partial charge in [-0.05, 0) is 63.3 Å². The second-order valence-electron chi connectivity index (χ2n) is 9.56. The summed E-state index contributed by atoms with van der Waals surface area (Å²) in [6, 6.07) is 12.2. The lowest BCUT2D eigenvalue weighted by Gasteiger charge is -2.34. The van der Waals surface area contributed by atoms with E-state index in [-0.39, 0.29) is 30.4 Å². The number of carbonyl (C=O) groups is 3. The molecule has 1 aromatic heterocycles. The molecule has 0 radical (unpaired) electrons. The van der Waals surface area contributed by atoms with Gasteiger partial charge in [0.1, 0.15) is 6.04 Å². The number of aromatic nitrogens is 2. The number of ether oxygens (including phenoxy) is 1. The second kappa shape index (κ2) is 10.5. The van der Waals surface area contributed by atoms with Crippen molar-refractivity contribution in [2.45, 2.75) is 64.0 Å². The van der Waals surface area contributed by atoms with Crippen LogP contribution in [-0.4, -0.2) is 51.4 Å². The van der Waals surface area contributed by atoms with Crippen molar-refractivity contribution in [3.05, 3.63) is 59.9 Å². The van der Waals surface area contributed by atoms with Crippen molar-refractivity contribution in [2.24, 2.45) is 0 Å². The molecule has 0 bridgehead atoms. The van der Waals surface area contributed by atoms with Crippen molar-refractivity contribution >= 4 is 34.5 Å². The molecule has 8 nitrogen and oxygen atoms in total. The molecule has 0 spiro atoms. The Morgan fingerprint density at radius 3 is 2.53 bits per heavy atom. The van der Waals surface area contributed by atoms with Crippen LogP contribution >= 0.6 is 0 Å². The lowest BCUT2D eigenvalue weighted by atomic mass is 10.00. The number of rotatable bonds is 6. The number of nitrogens with zero attached hydrogens (tertiary/aromatic N) is 3. The monoisotopic (exact) mass is 488 g/mol. The summed E-state index contributed by atoms with van der Waals surface area (Å²) in [6.07, 6.45) is 8.47. The minimum Gasteiger partial charge on any atom is -0.464 e. The van der Waals surface area contributed by atoms with E-state index in [2.05, 4.69) is 14.9 Å². The summed E-state index contributed by atoms with van der Waals surface area (Å²) in [5.41, 5.74) is 2.90. The van der Waals surface area contributed by atoms with E-state index in [1.807, 2.05) is 24.3 Å². The maximum atomic E-state index is 14.1. The van der Waals surface area contributed by atoms with Crippen LogP contribution in [0.3, 0.4) is 0 Å². The van der Waals surface area contributed by atoms with E-state index in [1.165, 1.54) is 0 Å². The molecule has 2 fully saturated rings. The van der Waals surface area contributed by atoms with Crippen molar-refractivity contribution < 1.29 is 19.1 Å². The standard InChI is InChI=1S/C28H32N4O4/c1-2-36-28(35)24-14-8-9-15-31(24)27(34)22-16-20(30-26(33)19-10-4-3-5-11-19)17-23-25(22)32(18-29-23)21-12-6-7-13-21/h3-5,10-11,16-18,21,24H,2,6-9,12-15H2,1H3,(H,30,33). The largest absolute Gasteiger partial charge is 0.464 e. The molecule has 1 aliphatic heterocycles. The maximum Gasteiger partial charge on any atom is 0.328 e. The van der Waals surface area contributed by atoms with E-state index < -0.39 is 6.04 Å². The normalized spacial score (nSPS) is 18.4. The number of nitrogens with one attached hydrogen (secondary N) is 1. The summed E-state index contributed by atoms with van der Waals surface area (Å²) in [7, 11) is 0. The third-order valence-corrected chi connectivity index (χ3v) is 7.23. The van der Waals surface area contributed by atoms with Crippen LogP contribution in [0, 0.1) is 0 Å². The van der Waals surface area contributed by atoms with E-state index in [1.54, 1.807) is 36.4 Å². The summed E-state index contributed by atoms with van der Waals surface area (Å²) in [6.45, 7) is 2.54. The lowest BCUT2D eigenvalue weighted by Crippen LogP contribution is -2.48. The smallest absolute Gasteiger partial charge is 0.328 e. The van der Waals surface area contributed by atoms with Gasteiger partial charge in [0.25, 0.3) is 11.8 Å². The summed E-state index contributed by atoms with van der Waals surface area (Å²) >= 11 is 0. The maximum absolute atomic E-state index is 14.1. The Kier molecular flexibility index (Phi) is 7.02. The number of amides is 2. The molecule has 188 valence electrons. The Hall–Kier alpha value is -3.68. The molecule has 8 heteroatoms. The predicted molar refractivity (Wildman–Crippen MR) is 137 cm³/mol. The zero-order valence-corrected chi connectivity index (χ0v) is 20.6. The highest BCUT2D eigenvalue weighted by Gasteiger charge is 2.35. The van der Waals surface area contributed by atoms with Gasteiger partial charge in [-0.1, -0.05) is 31.0 Å². The van der Waals surface area contributed by atoms with Gasteiger partial charge in [0.15, 0.2) is 0 Å². The number of imidazole rings is 1. The number of hydrogen-bond donors (Lipinski definition) is 1. The average molecular weight is 489 g/mol. The van der Waals surface area contributed by atoms with Crippen molar-refractivity contribution in [3.8, 4) is 0 Å². The molecule has 1 N–H and O–H groups in total. The number of carbonyl (C=O) groups excluding carboxylic acids is 3. The molecule has 2 heterocycles. The van der Waals surface area contributed by atoms with Gasteiger partial charge >= 0.3 is 5.97 Å². The van der Waals surface area contributed by atoms with Gasteiger partial charge in [-0.3, -0.25) is 9.59 Å². The van der Waals surface area contributed by atoms with Crippen LogP contribution < -0.4 is 5.32 Å².